The van der Waals surface area contributed by atoms with E-state index in [-0.39, 0.29) is 10.2 Å². The lowest BCUT2D eigenvalue weighted by atomic mass is 9.95. The molecule has 0 saturated carbocycles. The van der Waals surface area contributed by atoms with Gasteiger partial charge >= 0.3 is 0 Å². The van der Waals surface area contributed by atoms with Gasteiger partial charge in [-0.25, -0.2) is 0 Å². The van der Waals surface area contributed by atoms with Crippen molar-refractivity contribution in [1.82, 2.24) is 0 Å². The fraction of sp³-hybridized carbons (Fsp3) is 0.375. The first-order valence-corrected chi connectivity index (χ1v) is 8.51. The van der Waals surface area contributed by atoms with Crippen molar-refractivity contribution in [3.63, 3.8) is 0 Å². The maximum atomic E-state index is 6.11. The summed E-state index contributed by atoms with van der Waals surface area (Å²) >= 11 is 11.7. The standard InChI is InChI=1S/C16H18BrClOS/c1-16(2,3)14-8-7-13(20-14)15(17)11-9-10(18)5-6-12(11)19-4/h5-9,15H,1-4H3. The van der Waals surface area contributed by atoms with Crippen molar-refractivity contribution in [1.29, 1.82) is 0 Å². The number of hydrogen-bond acceptors (Lipinski definition) is 2. The maximum Gasteiger partial charge on any atom is 0.123 e. The molecule has 0 aliphatic heterocycles. The van der Waals surface area contributed by atoms with E-state index < -0.39 is 0 Å². The summed E-state index contributed by atoms with van der Waals surface area (Å²) in [5.74, 6) is 0.849. The number of ether oxygens (including phenoxy) is 1. The zero-order chi connectivity index (χ0) is 14.9. The van der Waals surface area contributed by atoms with Gasteiger partial charge in [0.05, 0.1) is 11.9 Å². The molecule has 0 spiro atoms. The van der Waals surface area contributed by atoms with E-state index in [1.165, 1.54) is 9.75 Å². The van der Waals surface area contributed by atoms with Crippen LogP contribution in [0.4, 0.5) is 0 Å². The van der Waals surface area contributed by atoms with Gasteiger partial charge in [-0.05, 0) is 35.7 Å². The van der Waals surface area contributed by atoms with Crippen molar-refractivity contribution < 1.29 is 4.74 Å². The molecule has 0 bridgehead atoms. The molecule has 0 aliphatic rings. The summed E-state index contributed by atoms with van der Waals surface area (Å²) in [6.45, 7) is 6.68. The van der Waals surface area contributed by atoms with Crippen LogP contribution in [0.2, 0.25) is 5.02 Å². The summed E-state index contributed by atoms with van der Waals surface area (Å²) in [4.78, 5) is 2.73. The van der Waals surface area contributed by atoms with E-state index in [0.29, 0.717) is 0 Å². The molecule has 0 fully saturated rings. The Morgan fingerprint density at radius 2 is 1.90 bits per heavy atom. The third-order valence-corrected chi connectivity index (χ3v) is 6.18. The molecule has 1 atom stereocenters. The second-order valence-corrected chi connectivity index (χ2v) is 8.17. The Hall–Kier alpha value is -0.510. The lowest BCUT2D eigenvalue weighted by Gasteiger charge is -2.16. The van der Waals surface area contributed by atoms with Crippen LogP contribution in [-0.2, 0) is 5.41 Å². The zero-order valence-electron chi connectivity index (χ0n) is 12.0. The van der Waals surface area contributed by atoms with E-state index in [9.17, 15) is 0 Å². The molecular formula is C16H18BrClOS. The van der Waals surface area contributed by atoms with Gasteiger partial charge in [0, 0.05) is 20.3 Å². The van der Waals surface area contributed by atoms with Crippen molar-refractivity contribution in [2.24, 2.45) is 0 Å². The molecular weight excluding hydrogens is 356 g/mol. The van der Waals surface area contributed by atoms with Crippen LogP contribution in [0.15, 0.2) is 30.3 Å². The smallest absolute Gasteiger partial charge is 0.123 e. The Morgan fingerprint density at radius 1 is 1.20 bits per heavy atom. The van der Waals surface area contributed by atoms with Crippen LogP contribution in [0.25, 0.3) is 0 Å². The number of hydrogen-bond donors (Lipinski definition) is 0. The van der Waals surface area contributed by atoms with E-state index in [2.05, 4.69) is 48.8 Å². The molecule has 0 radical (unpaired) electrons. The van der Waals surface area contributed by atoms with Gasteiger partial charge in [-0.2, -0.15) is 0 Å². The van der Waals surface area contributed by atoms with Crippen molar-refractivity contribution in [2.45, 2.75) is 31.0 Å². The summed E-state index contributed by atoms with van der Waals surface area (Å²) in [5, 5.41) is 0.720. The molecule has 0 saturated heterocycles. The number of thiophene rings is 1. The second-order valence-electron chi connectivity index (χ2n) is 5.70. The summed E-state index contributed by atoms with van der Waals surface area (Å²) < 4.78 is 5.43. The minimum Gasteiger partial charge on any atom is -0.496 e. The lowest BCUT2D eigenvalue weighted by Crippen LogP contribution is -2.07. The molecule has 1 heterocycles. The molecule has 1 aromatic carbocycles. The number of benzene rings is 1. The minimum absolute atomic E-state index is 0.0947. The molecule has 2 rings (SSSR count). The lowest BCUT2D eigenvalue weighted by molar-refractivity contribution is 0.410. The predicted octanol–water partition coefficient (Wildman–Crippen LogP) is 6.19. The van der Waals surface area contributed by atoms with Crippen LogP contribution in [0, 0.1) is 0 Å². The van der Waals surface area contributed by atoms with Gasteiger partial charge in [0.2, 0.25) is 0 Å². The zero-order valence-corrected chi connectivity index (χ0v) is 15.2. The van der Waals surface area contributed by atoms with Crippen molar-refractivity contribution in [3.05, 3.63) is 50.7 Å². The molecule has 4 heteroatoms. The van der Waals surface area contributed by atoms with Crippen LogP contribution in [0.5, 0.6) is 5.75 Å². The van der Waals surface area contributed by atoms with Gasteiger partial charge in [0.15, 0.2) is 0 Å². The van der Waals surface area contributed by atoms with Crippen LogP contribution in [0.1, 0.15) is 40.9 Å². The maximum absolute atomic E-state index is 6.11. The van der Waals surface area contributed by atoms with Crippen LogP contribution in [0.3, 0.4) is 0 Å². The fourth-order valence-corrected chi connectivity index (χ4v) is 3.98. The van der Waals surface area contributed by atoms with Crippen molar-refractivity contribution in [3.8, 4) is 5.75 Å². The third-order valence-electron chi connectivity index (χ3n) is 3.08. The molecule has 1 unspecified atom stereocenters. The first-order valence-electron chi connectivity index (χ1n) is 6.40. The third kappa shape index (κ3) is 3.38. The van der Waals surface area contributed by atoms with E-state index in [0.717, 1.165) is 16.3 Å². The summed E-state index contributed by atoms with van der Waals surface area (Å²) in [6.07, 6.45) is 0. The molecule has 0 aliphatic carbocycles. The average Bonchev–Trinajstić information content (AvgIpc) is 2.87. The fourth-order valence-electron chi connectivity index (χ4n) is 1.95. The van der Waals surface area contributed by atoms with Gasteiger partial charge in [0.1, 0.15) is 5.75 Å². The van der Waals surface area contributed by atoms with Gasteiger partial charge in [0.25, 0.3) is 0 Å². The highest BCUT2D eigenvalue weighted by Gasteiger charge is 2.21. The Bertz CT molecular complexity index is 601. The molecule has 20 heavy (non-hydrogen) atoms. The number of alkyl halides is 1. The quantitative estimate of drug-likeness (QED) is 0.583. The topological polar surface area (TPSA) is 9.23 Å². The molecule has 0 amide bonds. The van der Waals surface area contributed by atoms with Crippen LogP contribution in [-0.4, -0.2) is 7.11 Å². The SMILES string of the molecule is COc1ccc(Cl)cc1C(Br)c1ccc(C(C)(C)C)s1. The highest BCUT2D eigenvalue weighted by molar-refractivity contribution is 9.09. The van der Waals surface area contributed by atoms with Crippen LogP contribution >= 0.6 is 38.9 Å². The monoisotopic (exact) mass is 372 g/mol. The van der Waals surface area contributed by atoms with Crippen molar-refractivity contribution >= 4 is 38.9 Å². The summed E-state index contributed by atoms with van der Waals surface area (Å²) in [7, 11) is 1.68. The first kappa shape index (κ1) is 15.9. The molecule has 1 aromatic heterocycles. The van der Waals surface area contributed by atoms with E-state index >= 15 is 0 Å². The van der Waals surface area contributed by atoms with Gasteiger partial charge in [-0.3, -0.25) is 0 Å². The predicted molar refractivity (Wildman–Crippen MR) is 91.8 cm³/mol. The highest BCUT2D eigenvalue weighted by atomic mass is 79.9. The van der Waals surface area contributed by atoms with E-state index in [1.54, 1.807) is 7.11 Å². The van der Waals surface area contributed by atoms with Crippen molar-refractivity contribution in [2.75, 3.05) is 7.11 Å². The largest absolute Gasteiger partial charge is 0.496 e. The molecule has 2 aromatic rings. The van der Waals surface area contributed by atoms with Crippen LogP contribution < -0.4 is 4.74 Å². The molecule has 108 valence electrons. The molecule has 1 nitrogen and oxygen atoms in total. The van der Waals surface area contributed by atoms with E-state index in [1.807, 2.05) is 29.5 Å². The number of rotatable bonds is 3. The average molecular weight is 374 g/mol. The Balaban J connectivity index is 2.38. The van der Waals surface area contributed by atoms with Gasteiger partial charge in [-0.1, -0.05) is 48.3 Å². The summed E-state index contributed by atoms with van der Waals surface area (Å²) in [6, 6.07) is 10.1. The normalized spacial score (nSPS) is 13.3. The van der Waals surface area contributed by atoms with Gasteiger partial charge < -0.3 is 4.74 Å². The Morgan fingerprint density at radius 3 is 2.45 bits per heavy atom. The Labute approximate surface area is 138 Å². The number of halogens is 2. The summed E-state index contributed by atoms with van der Waals surface area (Å²) in [5.41, 5.74) is 1.23. The highest BCUT2D eigenvalue weighted by Crippen LogP contribution is 2.42. The minimum atomic E-state index is 0.0947. The second kappa shape index (κ2) is 6.08. The molecule has 0 N–H and O–H groups in total. The van der Waals surface area contributed by atoms with Gasteiger partial charge in [-0.15, -0.1) is 11.3 Å². The van der Waals surface area contributed by atoms with E-state index in [4.69, 9.17) is 16.3 Å². The number of methoxy groups -OCH3 is 1. The first-order chi connectivity index (χ1) is 9.32. The Kier molecular flexibility index (Phi) is 4.83.